The van der Waals surface area contributed by atoms with Crippen molar-refractivity contribution < 1.29 is 0 Å². The molecule has 6 aliphatic rings. The van der Waals surface area contributed by atoms with Crippen LogP contribution in [0.3, 0.4) is 0 Å². The summed E-state index contributed by atoms with van der Waals surface area (Å²) >= 11 is 1.92. The summed E-state index contributed by atoms with van der Waals surface area (Å²) in [5, 5.41) is 1.39. The fraction of sp³-hybridized carbons (Fsp3) is 0.538. The lowest BCUT2D eigenvalue weighted by atomic mass is 9.68. The number of benzene rings is 2. The first-order valence-corrected chi connectivity index (χ1v) is 12.7. The van der Waals surface area contributed by atoms with Gasteiger partial charge in [0.2, 0.25) is 5.36 Å². The van der Waals surface area contributed by atoms with Crippen molar-refractivity contribution in [3.05, 3.63) is 41.8 Å². The second kappa shape index (κ2) is 6.29. The van der Waals surface area contributed by atoms with E-state index >= 15 is 0 Å². The Labute approximate surface area is 182 Å². The zero-order chi connectivity index (χ0) is 19.8. The minimum absolute atomic E-state index is 0.641. The molecule has 2 spiro atoms. The molecule has 0 atom stereocenters. The lowest BCUT2D eigenvalue weighted by Gasteiger charge is -2.38. The number of hydrogen-bond donors (Lipinski definition) is 0. The number of rotatable bonds is 1. The van der Waals surface area contributed by atoms with Crippen molar-refractivity contribution in [3.8, 4) is 10.6 Å². The fourth-order valence-corrected chi connectivity index (χ4v) is 7.51. The molecule has 3 heterocycles. The summed E-state index contributed by atoms with van der Waals surface area (Å²) in [5.41, 5.74) is 4.95. The lowest BCUT2D eigenvalue weighted by Crippen LogP contribution is -2.35. The molecule has 0 bridgehead atoms. The summed E-state index contributed by atoms with van der Waals surface area (Å²) in [4.78, 5) is 8.94. The average molecular weight is 417 g/mol. The molecule has 2 saturated heterocycles. The van der Waals surface area contributed by atoms with Gasteiger partial charge in [-0.3, -0.25) is 0 Å². The van der Waals surface area contributed by atoms with Gasteiger partial charge in [0.15, 0.2) is 0 Å². The first-order valence-electron chi connectivity index (χ1n) is 11.9. The molecule has 0 radical (unpaired) electrons. The normalized spacial score (nSPS) is 25.9. The van der Waals surface area contributed by atoms with E-state index in [0.29, 0.717) is 10.8 Å². The highest BCUT2D eigenvalue weighted by Crippen LogP contribution is 2.49. The molecular formula is C26H30N3S+. The van der Waals surface area contributed by atoms with E-state index < -0.39 is 0 Å². The summed E-state index contributed by atoms with van der Waals surface area (Å²) < 4.78 is 3.94. The van der Waals surface area contributed by atoms with Crippen molar-refractivity contribution in [1.82, 2.24) is 9.56 Å². The standard InChI is InChI=1S/C26H30N3S/c1-7-25(8-1)11-13-28(17-25)19-3-5-21-23(15-19)30-24-16-20(4-6-22(24)27-21)29-14-12-26(18-29)9-2-10-26/h3-6,15-16H,1-2,7-14,17-18H2/q+1. The molecule has 30 heavy (non-hydrogen) atoms. The van der Waals surface area contributed by atoms with E-state index in [4.69, 9.17) is 4.98 Å². The van der Waals surface area contributed by atoms with E-state index in [9.17, 15) is 0 Å². The molecule has 7 rings (SSSR count). The molecular weight excluding hydrogens is 386 g/mol. The van der Waals surface area contributed by atoms with Crippen LogP contribution in [0.1, 0.15) is 51.4 Å². The first-order chi connectivity index (χ1) is 14.7. The highest BCUT2D eigenvalue weighted by molar-refractivity contribution is 7.21. The monoisotopic (exact) mass is 416 g/mol. The van der Waals surface area contributed by atoms with Crippen LogP contribution in [0.2, 0.25) is 0 Å². The van der Waals surface area contributed by atoms with E-state index in [0.717, 1.165) is 11.2 Å². The van der Waals surface area contributed by atoms with Crippen LogP contribution >= 0.6 is 11.3 Å². The summed E-state index contributed by atoms with van der Waals surface area (Å²) in [7, 11) is 0. The maximum absolute atomic E-state index is 5.00. The van der Waals surface area contributed by atoms with Crippen LogP contribution in [0.4, 0.5) is 5.69 Å². The van der Waals surface area contributed by atoms with Crippen LogP contribution in [0.25, 0.3) is 20.8 Å². The van der Waals surface area contributed by atoms with Gasteiger partial charge in [-0.05, 0) is 61.8 Å². The van der Waals surface area contributed by atoms with Gasteiger partial charge in [0.1, 0.15) is 13.1 Å². The van der Waals surface area contributed by atoms with Gasteiger partial charge in [-0.15, -0.1) is 11.3 Å². The Kier molecular flexibility index (Phi) is 3.71. The van der Waals surface area contributed by atoms with Crippen molar-refractivity contribution in [3.63, 3.8) is 0 Å². The van der Waals surface area contributed by atoms with Crippen molar-refractivity contribution in [1.29, 1.82) is 0 Å². The van der Waals surface area contributed by atoms with Gasteiger partial charge in [-0.25, -0.2) is 9.56 Å². The van der Waals surface area contributed by atoms with Gasteiger partial charge in [0, 0.05) is 42.7 Å². The molecule has 0 aromatic heterocycles. The maximum atomic E-state index is 5.00. The lowest BCUT2D eigenvalue weighted by molar-refractivity contribution is 0.160. The van der Waals surface area contributed by atoms with E-state index in [2.05, 4.69) is 45.9 Å². The van der Waals surface area contributed by atoms with Crippen LogP contribution in [0.5, 0.6) is 0 Å². The highest BCUT2D eigenvalue weighted by atomic mass is 32.1. The molecule has 3 nitrogen and oxygen atoms in total. The first kappa shape index (κ1) is 17.7. The highest BCUT2D eigenvalue weighted by Gasteiger charge is 2.46. The molecule has 4 fully saturated rings. The van der Waals surface area contributed by atoms with Gasteiger partial charge < -0.3 is 4.90 Å². The number of fused-ring (bicyclic) bond motifs is 2. The minimum atomic E-state index is 0.641. The van der Waals surface area contributed by atoms with Crippen LogP contribution in [-0.4, -0.2) is 31.2 Å². The average Bonchev–Trinajstić information content (AvgIpc) is 3.37. The Morgan fingerprint density at radius 1 is 0.900 bits per heavy atom. The molecule has 1 aromatic carbocycles. The third kappa shape index (κ3) is 2.69. The Morgan fingerprint density at radius 3 is 2.50 bits per heavy atom. The Morgan fingerprint density at radius 2 is 1.77 bits per heavy atom. The Bertz CT molecular complexity index is 1180. The largest absolute Gasteiger partial charge is 0.371 e. The quantitative estimate of drug-likeness (QED) is 0.405. The Hall–Kier alpha value is -1.94. The zero-order valence-corrected chi connectivity index (χ0v) is 18.5. The van der Waals surface area contributed by atoms with Crippen molar-refractivity contribution in [2.45, 2.75) is 51.4 Å². The smallest absolute Gasteiger partial charge is 0.201 e. The topological polar surface area (TPSA) is 19.1 Å². The summed E-state index contributed by atoms with van der Waals surface area (Å²) in [6.45, 7) is 4.95. The van der Waals surface area contributed by atoms with Crippen LogP contribution in [0, 0.1) is 10.8 Å². The van der Waals surface area contributed by atoms with Gasteiger partial charge in [0.25, 0.3) is 0 Å². The van der Waals surface area contributed by atoms with E-state index in [-0.39, 0.29) is 0 Å². The van der Waals surface area contributed by atoms with E-state index in [1.807, 2.05) is 11.3 Å². The van der Waals surface area contributed by atoms with Crippen LogP contribution in [0.15, 0.2) is 36.4 Å². The second-order valence-electron chi connectivity index (χ2n) is 10.6. The zero-order valence-electron chi connectivity index (χ0n) is 17.7. The van der Waals surface area contributed by atoms with Crippen LogP contribution < -0.4 is 14.8 Å². The predicted octanol–water partition coefficient (Wildman–Crippen LogP) is 5.13. The SMILES string of the molecule is c1cc2nc3ccc(=[N+]4CCC5(CCC5)C4)cc-3sc2cc1N1CCC2(CCC2)C1. The minimum Gasteiger partial charge on any atom is -0.371 e. The molecule has 154 valence electrons. The molecule has 2 saturated carbocycles. The molecule has 3 aliphatic carbocycles. The summed E-state index contributed by atoms with van der Waals surface area (Å²) in [5.74, 6) is 0. The number of aromatic nitrogens is 1. The number of hydrogen-bond acceptors (Lipinski definition) is 3. The third-order valence-corrected chi connectivity index (χ3v) is 9.88. The van der Waals surface area contributed by atoms with E-state index in [1.54, 1.807) is 0 Å². The van der Waals surface area contributed by atoms with Gasteiger partial charge >= 0.3 is 0 Å². The molecule has 0 unspecified atom stereocenters. The Balaban J connectivity index is 1.27. The van der Waals surface area contributed by atoms with Crippen molar-refractivity contribution >= 4 is 27.2 Å². The van der Waals surface area contributed by atoms with Gasteiger partial charge in [-0.1, -0.05) is 12.8 Å². The van der Waals surface area contributed by atoms with E-state index in [1.165, 1.54) is 98.2 Å². The predicted molar refractivity (Wildman–Crippen MR) is 125 cm³/mol. The number of anilines is 1. The summed E-state index contributed by atoms with van der Waals surface area (Å²) in [6, 6.07) is 13.9. The van der Waals surface area contributed by atoms with Gasteiger partial charge in [0.05, 0.1) is 20.8 Å². The second-order valence-corrected chi connectivity index (χ2v) is 11.7. The molecule has 1 aromatic rings. The van der Waals surface area contributed by atoms with Crippen LogP contribution in [-0.2, 0) is 0 Å². The molecule has 4 heteroatoms. The molecule has 0 N–H and O–H groups in total. The van der Waals surface area contributed by atoms with Crippen molar-refractivity contribution in [2.75, 3.05) is 31.1 Å². The molecule has 0 amide bonds. The van der Waals surface area contributed by atoms with Crippen molar-refractivity contribution in [2.24, 2.45) is 10.8 Å². The molecule has 3 aliphatic heterocycles. The van der Waals surface area contributed by atoms with Gasteiger partial charge in [-0.2, -0.15) is 0 Å². The third-order valence-electron chi connectivity index (χ3n) is 8.78. The maximum Gasteiger partial charge on any atom is 0.201 e. The fourth-order valence-electron chi connectivity index (χ4n) is 6.48. The number of nitrogens with zero attached hydrogens (tertiary/aromatic N) is 3. The summed E-state index contributed by atoms with van der Waals surface area (Å²) in [6.07, 6.45) is 11.4.